The molecule has 96 valence electrons. The molecule has 0 heterocycles. The van der Waals surface area contributed by atoms with Gasteiger partial charge in [-0.05, 0) is 12.3 Å². The molecule has 0 radical (unpaired) electrons. The molecule has 0 fully saturated rings. The summed E-state index contributed by atoms with van der Waals surface area (Å²) in [5.41, 5.74) is 0.0878. The fraction of sp³-hybridized carbons (Fsp3) is 0.667. The van der Waals surface area contributed by atoms with E-state index in [1.54, 1.807) is 7.11 Å². The van der Waals surface area contributed by atoms with Crippen LogP contribution in [0.25, 0.3) is 0 Å². The lowest BCUT2D eigenvalue weighted by atomic mass is 10.1. The van der Waals surface area contributed by atoms with Gasteiger partial charge in [0.25, 0.3) is 5.91 Å². The maximum atomic E-state index is 11.5. The van der Waals surface area contributed by atoms with Crippen LogP contribution in [0.3, 0.4) is 0 Å². The van der Waals surface area contributed by atoms with Crippen molar-refractivity contribution in [2.75, 3.05) is 26.8 Å². The third kappa shape index (κ3) is 8.29. The van der Waals surface area contributed by atoms with Gasteiger partial charge in [0.1, 0.15) is 11.6 Å². The normalized spacial score (nSPS) is 11.1. The summed E-state index contributed by atoms with van der Waals surface area (Å²) in [7, 11) is 1.56. The molecule has 0 aliphatic rings. The van der Waals surface area contributed by atoms with Crippen molar-refractivity contribution < 1.29 is 9.53 Å². The van der Waals surface area contributed by atoms with Crippen molar-refractivity contribution in [1.82, 2.24) is 10.6 Å². The lowest BCUT2D eigenvalue weighted by Crippen LogP contribution is -2.28. The largest absolute Gasteiger partial charge is 0.390 e. The van der Waals surface area contributed by atoms with E-state index in [0.717, 1.165) is 13.0 Å². The summed E-state index contributed by atoms with van der Waals surface area (Å²) >= 11 is 0. The van der Waals surface area contributed by atoms with E-state index in [1.807, 2.05) is 6.07 Å². The van der Waals surface area contributed by atoms with Gasteiger partial charge in [0.2, 0.25) is 0 Å². The van der Waals surface area contributed by atoms with Gasteiger partial charge in [-0.3, -0.25) is 4.79 Å². The van der Waals surface area contributed by atoms with E-state index >= 15 is 0 Å². The quantitative estimate of drug-likeness (QED) is 0.373. The highest BCUT2D eigenvalue weighted by Crippen LogP contribution is 1.97. The topological polar surface area (TPSA) is 74.1 Å². The second-order valence-corrected chi connectivity index (χ2v) is 4.06. The average Bonchev–Trinajstić information content (AvgIpc) is 2.29. The molecule has 0 spiro atoms. The number of nitrogens with one attached hydrogen (secondary N) is 2. The first-order chi connectivity index (χ1) is 8.11. The standard InChI is InChI=1S/C12H21N3O2/c1-10(2)4-5-14-9-11(8-13)12(16)15-6-7-17-3/h9-10,14H,4-7H2,1-3H3,(H,15,16)/b11-9-. The van der Waals surface area contributed by atoms with Gasteiger partial charge in [0.15, 0.2) is 0 Å². The second kappa shape index (κ2) is 9.67. The highest BCUT2D eigenvalue weighted by atomic mass is 16.5. The maximum absolute atomic E-state index is 11.5. The first kappa shape index (κ1) is 15.5. The average molecular weight is 239 g/mol. The summed E-state index contributed by atoms with van der Waals surface area (Å²) in [6.07, 6.45) is 2.46. The Kier molecular flexibility index (Phi) is 8.79. The van der Waals surface area contributed by atoms with Crippen LogP contribution in [0.1, 0.15) is 20.3 Å². The Morgan fingerprint density at radius 2 is 2.18 bits per heavy atom. The number of rotatable bonds is 8. The van der Waals surface area contributed by atoms with Gasteiger partial charge in [-0.25, -0.2) is 0 Å². The lowest BCUT2D eigenvalue weighted by molar-refractivity contribution is -0.117. The van der Waals surface area contributed by atoms with Crippen molar-refractivity contribution in [2.24, 2.45) is 5.92 Å². The van der Waals surface area contributed by atoms with Crippen molar-refractivity contribution in [1.29, 1.82) is 5.26 Å². The molecule has 0 aromatic rings. The predicted molar refractivity (Wildman–Crippen MR) is 66.0 cm³/mol. The van der Waals surface area contributed by atoms with Crippen LogP contribution >= 0.6 is 0 Å². The zero-order valence-corrected chi connectivity index (χ0v) is 10.7. The molecule has 0 unspecified atom stereocenters. The first-order valence-electron chi connectivity index (χ1n) is 5.72. The van der Waals surface area contributed by atoms with Gasteiger partial charge in [-0.2, -0.15) is 5.26 Å². The molecule has 0 aliphatic carbocycles. The summed E-state index contributed by atoms with van der Waals surface area (Å²) in [5, 5.41) is 14.4. The van der Waals surface area contributed by atoms with Gasteiger partial charge in [0.05, 0.1) is 6.61 Å². The van der Waals surface area contributed by atoms with Crippen LogP contribution in [-0.4, -0.2) is 32.7 Å². The van der Waals surface area contributed by atoms with Crippen molar-refractivity contribution in [3.8, 4) is 6.07 Å². The molecule has 2 N–H and O–H groups in total. The number of carbonyl (C=O) groups is 1. The summed E-state index contributed by atoms with van der Waals surface area (Å²) in [6, 6.07) is 1.86. The molecule has 17 heavy (non-hydrogen) atoms. The Labute approximate surface area is 103 Å². The molecule has 0 aliphatic heterocycles. The molecule has 0 atom stereocenters. The fourth-order valence-corrected chi connectivity index (χ4v) is 1.06. The predicted octanol–water partition coefficient (Wildman–Crippen LogP) is 0.792. The molecule has 0 aromatic heterocycles. The minimum absolute atomic E-state index is 0.0878. The Morgan fingerprint density at radius 1 is 1.47 bits per heavy atom. The first-order valence-corrected chi connectivity index (χ1v) is 5.72. The Bertz CT molecular complexity index is 293. The van der Waals surface area contributed by atoms with E-state index in [2.05, 4.69) is 24.5 Å². The van der Waals surface area contributed by atoms with Gasteiger partial charge >= 0.3 is 0 Å². The SMILES string of the molecule is COCCNC(=O)/C(C#N)=C\NCCC(C)C. The van der Waals surface area contributed by atoms with E-state index in [4.69, 9.17) is 10.00 Å². The smallest absolute Gasteiger partial charge is 0.263 e. The van der Waals surface area contributed by atoms with E-state index in [0.29, 0.717) is 19.1 Å². The zero-order valence-electron chi connectivity index (χ0n) is 10.7. The van der Waals surface area contributed by atoms with E-state index in [9.17, 15) is 4.79 Å². The van der Waals surface area contributed by atoms with Gasteiger partial charge in [0, 0.05) is 26.4 Å². The third-order valence-electron chi connectivity index (χ3n) is 2.07. The van der Waals surface area contributed by atoms with Crippen molar-refractivity contribution >= 4 is 5.91 Å². The zero-order chi connectivity index (χ0) is 13.1. The van der Waals surface area contributed by atoms with E-state index in [1.165, 1.54) is 6.20 Å². The highest BCUT2D eigenvalue weighted by Gasteiger charge is 2.07. The van der Waals surface area contributed by atoms with Crippen molar-refractivity contribution in [3.05, 3.63) is 11.8 Å². The molecule has 0 saturated carbocycles. The number of ether oxygens (including phenoxy) is 1. The van der Waals surface area contributed by atoms with Gasteiger partial charge < -0.3 is 15.4 Å². The Balaban J connectivity index is 3.99. The molecule has 0 bridgehead atoms. The maximum Gasteiger partial charge on any atom is 0.263 e. The number of nitriles is 1. The molecule has 1 amide bonds. The molecule has 0 saturated heterocycles. The summed E-state index contributed by atoms with van der Waals surface area (Å²) < 4.78 is 4.80. The number of hydrogen-bond acceptors (Lipinski definition) is 4. The van der Waals surface area contributed by atoms with Crippen LogP contribution in [0, 0.1) is 17.2 Å². The van der Waals surface area contributed by atoms with Crippen molar-refractivity contribution in [3.63, 3.8) is 0 Å². The molecular formula is C12H21N3O2. The lowest BCUT2D eigenvalue weighted by Gasteiger charge is -2.05. The number of amides is 1. The minimum atomic E-state index is -0.374. The number of carbonyl (C=O) groups excluding carboxylic acids is 1. The number of nitrogens with zero attached hydrogens (tertiary/aromatic N) is 1. The molecule has 0 rings (SSSR count). The monoisotopic (exact) mass is 239 g/mol. The minimum Gasteiger partial charge on any atom is -0.390 e. The highest BCUT2D eigenvalue weighted by molar-refractivity contribution is 5.97. The van der Waals surface area contributed by atoms with Gasteiger partial charge in [-0.1, -0.05) is 13.8 Å². The summed E-state index contributed by atoms with van der Waals surface area (Å²) in [6.45, 7) is 5.84. The summed E-state index contributed by atoms with van der Waals surface area (Å²) in [5.74, 6) is 0.221. The van der Waals surface area contributed by atoms with Crippen LogP contribution in [0.2, 0.25) is 0 Å². The van der Waals surface area contributed by atoms with Crippen LogP contribution in [0.15, 0.2) is 11.8 Å². The van der Waals surface area contributed by atoms with E-state index in [-0.39, 0.29) is 11.5 Å². The van der Waals surface area contributed by atoms with Gasteiger partial charge in [-0.15, -0.1) is 0 Å². The third-order valence-corrected chi connectivity index (χ3v) is 2.07. The molecule has 5 nitrogen and oxygen atoms in total. The molecule has 5 heteroatoms. The molecular weight excluding hydrogens is 218 g/mol. The Morgan fingerprint density at radius 3 is 2.71 bits per heavy atom. The summed E-state index contributed by atoms with van der Waals surface area (Å²) in [4.78, 5) is 11.5. The van der Waals surface area contributed by atoms with Crippen LogP contribution < -0.4 is 10.6 Å². The number of methoxy groups -OCH3 is 1. The van der Waals surface area contributed by atoms with E-state index < -0.39 is 0 Å². The van der Waals surface area contributed by atoms with Crippen LogP contribution in [0.4, 0.5) is 0 Å². The number of hydrogen-bond donors (Lipinski definition) is 2. The second-order valence-electron chi connectivity index (χ2n) is 4.06. The molecule has 0 aromatic carbocycles. The fourth-order valence-electron chi connectivity index (χ4n) is 1.06. The van der Waals surface area contributed by atoms with Crippen molar-refractivity contribution in [2.45, 2.75) is 20.3 Å². The van der Waals surface area contributed by atoms with Crippen LogP contribution in [0.5, 0.6) is 0 Å². The van der Waals surface area contributed by atoms with Crippen LogP contribution in [-0.2, 0) is 9.53 Å². The Hall–Kier alpha value is -1.54.